The van der Waals surface area contributed by atoms with Gasteiger partial charge in [-0.2, -0.15) is 15.5 Å². The summed E-state index contributed by atoms with van der Waals surface area (Å²) in [6.07, 6.45) is 13.5. The Morgan fingerprint density at radius 2 is 1.86 bits per heavy atom. The number of piperidine rings is 1. The van der Waals surface area contributed by atoms with Crippen LogP contribution in [0, 0.1) is 17.2 Å². The smallest absolute Gasteiger partial charge is 0.243 e. The zero-order valence-electron chi connectivity index (χ0n) is 21.0. The predicted octanol–water partition coefficient (Wildman–Crippen LogP) is 3.10. The summed E-state index contributed by atoms with van der Waals surface area (Å²) < 4.78 is 9.18. The van der Waals surface area contributed by atoms with Gasteiger partial charge in [0.1, 0.15) is 22.9 Å². The van der Waals surface area contributed by atoms with Crippen LogP contribution in [0.15, 0.2) is 43.5 Å². The van der Waals surface area contributed by atoms with Crippen molar-refractivity contribution >= 4 is 17.3 Å². The minimum absolute atomic E-state index is 0.0403. The van der Waals surface area contributed by atoms with Crippen LogP contribution in [0.1, 0.15) is 50.1 Å². The number of methoxy groups -OCH3 is 1. The first-order valence-electron chi connectivity index (χ1n) is 12.7. The van der Waals surface area contributed by atoms with Crippen LogP contribution < -0.4 is 10.1 Å². The Morgan fingerprint density at radius 1 is 1.11 bits per heavy atom. The lowest BCUT2D eigenvalue weighted by molar-refractivity contribution is -0.138. The normalized spacial score (nSPS) is 20.4. The van der Waals surface area contributed by atoms with Gasteiger partial charge in [0.05, 0.1) is 25.5 Å². The summed E-state index contributed by atoms with van der Waals surface area (Å²) in [4.78, 5) is 26.7. The molecule has 0 atom stereocenters. The Labute approximate surface area is 215 Å². The Bertz CT molecular complexity index is 1350. The third-order valence-electron chi connectivity index (χ3n) is 7.61. The number of nitriles is 1. The average Bonchev–Trinajstić information content (AvgIpc) is 3.60. The van der Waals surface area contributed by atoms with Crippen molar-refractivity contribution in [2.75, 3.05) is 20.2 Å². The van der Waals surface area contributed by atoms with E-state index in [9.17, 15) is 14.9 Å². The van der Waals surface area contributed by atoms with Crippen molar-refractivity contribution in [2.45, 2.75) is 50.6 Å². The van der Waals surface area contributed by atoms with E-state index in [4.69, 9.17) is 4.74 Å². The predicted molar refractivity (Wildman–Crippen MR) is 137 cm³/mol. The third-order valence-corrected chi connectivity index (χ3v) is 7.61. The molecule has 1 aliphatic carbocycles. The van der Waals surface area contributed by atoms with E-state index in [0.29, 0.717) is 16.8 Å². The molecule has 3 aromatic heterocycles. The third kappa shape index (κ3) is 4.94. The fourth-order valence-electron chi connectivity index (χ4n) is 5.52. The first-order valence-corrected chi connectivity index (χ1v) is 12.7. The van der Waals surface area contributed by atoms with Gasteiger partial charge in [-0.15, -0.1) is 0 Å². The molecule has 2 aliphatic rings. The zero-order valence-corrected chi connectivity index (χ0v) is 21.0. The zero-order chi connectivity index (χ0) is 25.9. The van der Waals surface area contributed by atoms with Gasteiger partial charge >= 0.3 is 0 Å². The number of fused-ring (bicyclic) bond motifs is 1. The number of likely N-dealkylation sites (tertiary alicyclic amines) is 1. The number of nitrogens with one attached hydrogen (secondary N) is 1. The van der Waals surface area contributed by atoms with Crippen molar-refractivity contribution < 1.29 is 14.3 Å². The second-order valence-corrected chi connectivity index (χ2v) is 9.79. The number of carbonyl (C=O) groups is 2. The summed E-state index contributed by atoms with van der Waals surface area (Å²) in [5.41, 5.74) is 2.95. The number of rotatable bonds is 6. The van der Waals surface area contributed by atoms with Crippen LogP contribution in [0.25, 0.3) is 16.6 Å². The first-order chi connectivity index (χ1) is 18.0. The van der Waals surface area contributed by atoms with E-state index in [1.807, 2.05) is 34.2 Å². The lowest BCUT2D eigenvalue weighted by atomic mass is 9.84. The topological polar surface area (TPSA) is 118 Å². The monoisotopic (exact) mass is 501 g/mol. The number of hydrogen-bond acceptors (Lipinski definition) is 6. The highest BCUT2D eigenvalue weighted by molar-refractivity contribution is 5.87. The summed E-state index contributed by atoms with van der Waals surface area (Å²) in [5, 5.41) is 21.2. The standard InChI is InChI=1S/C27H31N7O3/c1-3-25(35)31-22-6-4-18(5-7-22)27(36)32-10-8-23(9-11-32)33-17-21(15-29-33)19-12-24(37-2)26-20(13-28)14-30-34(26)16-19/h3,12,14-18,22-23H,1,4-11H2,2H3,(H,31,35)/t18-,22-. The first kappa shape index (κ1) is 24.6. The van der Waals surface area contributed by atoms with Crippen molar-refractivity contribution in [3.63, 3.8) is 0 Å². The van der Waals surface area contributed by atoms with E-state index < -0.39 is 0 Å². The van der Waals surface area contributed by atoms with Crippen molar-refractivity contribution in [2.24, 2.45) is 5.92 Å². The molecular formula is C27H31N7O3. The highest BCUT2D eigenvalue weighted by Crippen LogP contribution is 2.32. The molecule has 5 rings (SSSR count). The maximum Gasteiger partial charge on any atom is 0.243 e. The number of nitrogens with zero attached hydrogens (tertiary/aromatic N) is 6. The number of ether oxygens (including phenoxy) is 1. The SMILES string of the molecule is C=CC(=O)N[C@H]1CC[C@H](C(=O)N2CCC(n3cc(-c4cc(OC)c5c(C#N)cnn5c4)cn3)CC2)CC1. The lowest BCUT2D eigenvalue weighted by Gasteiger charge is -2.36. The molecule has 4 heterocycles. The fraction of sp³-hybridized carbons (Fsp3) is 0.444. The summed E-state index contributed by atoms with van der Waals surface area (Å²) in [6, 6.07) is 4.41. The molecule has 2 fully saturated rings. The molecule has 37 heavy (non-hydrogen) atoms. The Hall–Kier alpha value is -4.13. The van der Waals surface area contributed by atoms with E-state index in [2.05, 4.69) is 28.2 Å². The van der Waals surface area contributed by atoms with Crippen LogP contribution in [0.3, 0.4) is 0 Å². The van der Waals surface area contributed by atoms with Crippen molar-refractivity contribution in [3.05, 3.63) is 49.1 Å². The van der Waals surface area contributed by atoms with Crippen LogP contribution in [-0.2, 0) is 9.59 Å². The summed E-state index contributed by atoms with van der Waals surface area (Å²) in [6.45, 7) is 4.94. The fourth-order valence-corrected chi connectivity index (χ4v) is 5.52. The van der Waals surface area contributed by atoms with Crippen LogP contribution in [0.4, 0.5) is 0 Å². The van der Waals surface area contributed by atoms with Crippen molar-refractivity contribution in [1.29, 1.82) is 5.26 Å². The van der Waals surface area contributed by atoms with E-state index in [0.717, 1.165) is 62.7 Å². The van der Waals surface area contributed by atoms with Crippen molar-refractivity contribution in [3.8, 4) is 22.9 Å². The average molecular weight is 502 g/mol. The molecular weight excluding hydrogens is 470 g/mol. The van der Waals surface area contributed by atoms with E-state index >= 15 is 0 Å². The van der Waals surface area contributed by atoms with Gasteiger partial charge in [0.2, 0.25) is 11.8 Å². The summed E-state index contributed by atoms with van der Waals surface area (Å²) in [7, 11) is 1.58. The second-order valence-electron chi connectivity index (χ2n) is 9.79. The van der Waals surface area contributed by atoms with Crippen LogP contribution in [0.2, 0.25) is 0 Å². The molecule has 1 saturated carbocycles. The van der Waals surface area contributed by atoms with E-state index in [1.54, 1.807) is 11.6 Å². The Kier molecular flexibility index (Phi) is 6.95. The van der Waals surface area contributed by atoms with Gasteiger partial charge in [0, 0.05) is 48.6 Å². The van der Waals surface area contributed by atoms with Gasteiger partial charge in [-0.1, -0.05) is 6.58 Å². The summed E-state index contributed by atoms with van der Waals surface area (Å²) in [5.74, 6) is 0.721. The highest BCUT2D eigenvalue weighted by atomic mass is 16.5. The molecule has 0 spiro atoms. The number of hydrogen-bond donors (Lipinski definition) is 1. The van der Waals surface area contributed by atoms with Gasteiger partial charge in [-0.25, -0.2) is 4.52 Å². The molecule has 0 radical (unpaired) electrons. The minimum Gasteiger partial charge on any atom is -0.494 e. The van der Waals surface area contributed by atoms with Crippen molar-refractivity contribution in [1.82, 2.24) is 29.6 Å². The maximum atomic E-state index is 13.1. The van der Waals surface area contributed by atoms with Gasteiger partial charge in [0.25, 0.3) is 0 Å². The molecule has 0 bridgehead atoms. The number of amides is 2. The molecule has 1 aliphatic heterocycles. The second kappa shape index (κ2) is 10.5. The van der Waals surface area contributed by atoms with Gasteiger partial charge in [-0.3, -0.25) is 14.3 Å². The van der Waals surface area contributed by atoms with Crippen LogP contribution in [-0.4, -0.2) is 62.3 Å². The van der Waals surface area contributed by atoms with Gasteiger partial charge < -0.3 is 15.0 Å². The Morgan fingerprint density at radius 3 is 2.54 bits per heavy atom. The Balaban J connectivity index is 1.19. The quantitative estimate of drug-likeness (QED) is 0.519. The molecule has 0 aromatic carbocycles. The van der Waals surface area contributed by atoms with Crippen LogP contribution >= 0.6 is 0 Å². The summed E-state index contributed by atoms with van der Waals surface area (Å²) >= 11 is 0. The van der Waals surface area contributed by atoms with Gasteiger partial charge in [-0.05, 0) is 50.7 Å². The lowest BCUT2D eigenvalue weighted by Crippen LogP contribution is -2.45. The van der Waals surface area contributed by atoms with Crippen LogP contribution in [0.5, 0.6) is 5.75 Å². The minimum atomic E-state index is -0.146. The molecule has 3 aromatic rings. The van der Waals surface area contributed by atoms with Gasteiger partial charge in [0.15, 0.2) is 0 Å². The molecule has 0 unspecified atom stereocenters. The molecule has 192 valence electrons. The number of carbonyl (C=O) groups excluding carboxylic acids is 2. The molecule has 10 nitrogen and oxygen atoms in total. The number of aromatic nitrogens is 4. The van der Waals surface area contributed by atoms with E-state index in [1.165, 1.54) is 12.3 Å². The largest absolute Gasteiger partial charge is 0.494 e. The highest BCUT2D eigenvalue weighted by Gasteiger charge is 2.32. The molecule has 10 heteroatoms. The molecule has 1 N–H and O–H groups in total. The molecule has 2 amide bonds. The maximum absolute atomic E-state index is 13.1. The molecule has 1 saturated heterocycles. The van der Waals surface area contributed by atoms with E-state index in [-0.39, 0.29) is 29.8 Å². The number of pyridine rings is 1.